The van der Waals surface area contributed by atoms with Gasteiger partial charge in [0.05, 0.1) is 6.10 Å². The number of hydrogen-bond donors (Lipinski definition) is 1. The van der Waals surface area contributed by atoms with Gasteiger partial charge in [0.15, 0.2) is 0 Å². The van der Waals surface area contributed by atoms with E-state index in [2.05, 4.69) is 27.7 Å². The van der Waals surface area contributed by atoms with Crippen LogP contribution in [-0.4, -0.2) is 11.2 Å². The van der Waals surface area contributed by atoms with Gasteiger partial charge in [0.25, 0.3) is 0 Å². The SMILES string of the molecule is CC[C@@H]([C@@H](C)O)C(C)(C)C. The summed E-state index contributed by atoms with van der Waals surface area (Å²) in [6, 6.07) is 0. The highest BCUT2D eigenvalue weighted by molar-refractivity contribution is 4.76. The van der Waals surface area contributed by atoms with Gasteiger partial charge in [-0.2, -0.15) is 0 Å². The maximum atomic E-state index is 9.35. The summed E-state index contributed by atoms with van der Waals surface area (Å²) in [5.41, 5.74) is 0.239. The van der Waals surface area contributed by atoms with E-state index in [1.165, 1.54) is 0 Å². The van der Waals surface area contributed by atoms with E-state index in [9.17, 15) is 5.11 Å². The molecule has 0 unspecified atom stereocenters. The highest BCUT2D eigenvalue weighted by Gasteiger charge is 2.26. The van der Waals surface area contributed by atoms with Crippen LogP contribution in [0.3, 0.4) is 0 Å². The normalized spacial score (nSPS) is 18.6. The molecule has 0 spiro atoms. The number of aliphatic hydroxyl groups is 1. The molecule has 1 N–H and O–H groups in total. The van der Waals surface area contributed by atoms with Gasteiger partial charge in [-0.05, 0) is 18.3 Å². The van der Waals surface area contributed by atoms with E-state index in [-0.39, 0.29) is 11.5 Å². The highest BCUT2D eigenvalue weighted by atomic mass is 16.3. The Balaban J connectivity index is 4.07. The molecule has 0 radical (unpaired) electrons. The smallest absolute Gasteiger partial charge is 0.0545 e. The Labute approximate surface area is 64.5 Å². The van der Waals surface area contributed by atoms with Crippen LogP contribution >= 0.6 is 0 Å². The molecule has 0 fully saturated rings. The molecule has 1 nitrogen and oxygen atoms in total. The third-order valence-corrected chi connectivity index (χ3v) is 2.13. The Kier molecular flexibility index (Phi) is 3.37. The Hall–Kier alpha value is -0.0400. The zero-order valence-corrected chi connectivity index (χ0v) is 7.81. The van der Waals surface area contributed by atoms with Gasteiger partial charge in [-0.1, -0.05) is 34.1 Å². The molecular weight excluding hydrogens is 124 g/mol. The Bertz CT molecular complexity index is 89.4. The minimum atomic E-state index is -0.176. The van der Waals surface area contributed by atoms with Crippen molar-refractivity contribution in [1.29, 1.82) is 0 Å². The average Bonchev–Trinajstić information content (AvgIpc) is 1.60. The van der Waals surface area contributed by atoms with Crippen molar-refractivity contribution in [2.24, 2.45) is 11.3 Å². The quantitative estimate of drug-likeness (QED) is 0.631. The van der Waals surface area contributed by atoms with Gasteiger partial charge >= 0.3 is 0 Å². The molecule has 0 heterocycles. The van der Waals surface area contributed by atoms with Gasteiger partial charge in [0.1, 0.15) is 0 Å². The van der Waals surface area contributed by atoms with Crippen molar-refractivity contribution in [2.45, 2.75) is 47.1 Å². The minimum Gasteiger partial charge on any atom is -0.393 e. The lowest BCUT2D eigenvalue weighted by Crippen LogP contribution is -2.29. The van der Waals surface area contributed by atoms with Crippen LogP contribution in [0.2, 0.25) is 0 Å². The zero-order chi connectivity index (χ0) is 8.36. The lowest BCUT2D eigenvalue weighted by atomic mass is 9.76. The molecule has 0 aromatic rings. The van der Waals surface area contributed by atoms with E-state index in [4.69, 9.17) is 0 Å². The zero-order valence-electron chi connectivity index (χ0n) is 7.81. The molecule has 0 aliphatic heterocycles. The summed E-state index contributed by atoms with van der Waals surface area (Å²) in [7, 11) is 0. The van der Waals surface area contributed by atoms with E-state index in [0.29, 0.717) is 5.92 Å². The highest BCUT2D eigenvalue weighted by Crippen LogP contribution is 2.30. The van der Waals surface area contributed by atoms with Gasteiger partial charge in [0.2, 0.25) is 0 Å². The van der Waals surface area contributed by atoms with E-state index in [1.54, 1.807) is 0 Å². The van der Waals surface area contributed by atoms with E-state index in [0.717, 1.165) is 6.42 Å². The van der Waals surface area contributed by atoms with Crippen LogP contribution in [0.15, 0.2) is 0 Å². The molecule has 0 saturated heterocycles. The Morgan fingerprint density at radius 2 is 1.70 bits per heavy atom. The first-order chi connectivity index (χ1) is 4.39. The Morgan fingerprint density at radius 1 is 1.30 bits per heavy atom. The molecule has 0 aliphatic rings. The van der Waals surface area contributed by atoms with Gasteiger partial charge < -0.3 is 5.11 Å². The maximum Gasteiger partial charge on any atom is 0.0545 e. The fourth-order valence-corrected chi connectivity index (χ4v) is 1.68. The summed E-state index contributed by atoms with van der Waals surface area (Å²) in [5, 5.41) is 9.35. The van der Waals surface area contributed by atoms with Gasteiger partial charge in [-0.3, -0.25) is 0 Å². The second-order valence-corrected chi connectivity index (χ2v) is 4.12. The first-order valence-corrected chi connectivity index (χ1v) is 4.07. The summed E-state index contributed by atoms with van der Waals surface area (Å²) in [6.45, 7) is 10.5. The first-order valence-electron chi connectivity index (χ1n) is 4.07. The van der Waals surface area contributed by atoms with Crippen LogP contribution in [0.5, 0.6) is 0 Å². The summed E-state index contributed by atoms with van der Waals surface area (Å²) < 4.78 is 0. The van der Waals surface area contributed by atoms with Gasteiger partial charge in [0, 0.05) is 0 Å². The lowest BCUT2D eigenvalue weighted by molar-refractivity contribution is 0.0538. The van der Waals surface area contributed by atoms with Crippen molar-refractivity contribution < 1.29 is 5.11 Å². The summed E-state index contributed by atoms with van der Waals surface area (Å²) in [4.78, 5) is 0. The molecule has 0 amide bonds. The van der Waals surface area contributed by atoms with Crippen molar-refractivity contribution in [3.63, 3.8) is 0 Å². The van der Waals surface area contributed by atoms with Crippen LogP contribution in [-0.2, 0) is 0 Å². The largest absolute Gasteiger partial charge is 0.393 e. The van der Waals surface area contributed by atoms with Crippen LogP contribution in [0.1, 0.15) is 41.0 Å². The van der Waals surface area contributed by atoms with Crippen molar-refractivity contribution in [3.05, 3.63) is 0 Å². The van der Waals surface area contributed by atoms with E-state index < -0.39 is 0 Å². The second-order valence-electron chi connectivity index (χ2n) is 4.12. The molecule has 0 rings (SSSR count). The van der Waals surface area contributed by atoms with E-state index >= 15 is 0 Å². The standard InChI is InChI=1S/C9H20O/c1-6-8(7(2)10)9(3,4)5/h7-8,10H,6H2,1-5H3/t7-,8+/m1/s1. The Morgan fingerprint density at radius 3 is 1.70 bits per heavy atom. The predicted molar refractivity (Wildman–Crippen MR) is 44.9 cm³/mol. The molecule has 0 saturated carbocycles. The average molecular weight is 144 g/mol. The van der Waals surface area contributed by atoms with Crippen LogP contribution < -0.4 is 0 Å². The topological polar surface area (TPSA) is 20.2 Å². The number of rotatable bonds is 2. The van der Waals surface area contributed by atoms with Crippen LogP contribution in [0.4, 0.5) is 0 Å². The first kappa shape index (κ1) is 9.96. The van der Waals surface area contributed by atoms with Gasteiger partial charge in [-0.25, -0.2) is 0 Å². The number of aliphatic hydroxyl groups excluding tert-OH is 1. The maximum absolute atomic E-state index is 9.35. The fraction of sp³-hybridized carbons (Fsp3) is 1.00. The molecule has 0 aromatic carbocycles. The molecule has 1 heteroatoms. The van der Waals surface area contributed by atoms with Crippen molar-refractivity contribution >= 4 is 0 Å². The summed E-state index contributed by atoms with van der Waals surface area (Å²) in [5.74, 6) is 0.424. The van der Waals surface area contributed by atoms with Gasteiger partial charge in [-0.15, -0.1) is 0 Å². The molecule has 0 aliphatic carbocycles. The molecule has 0 bridgehead atoms. The predicted octanol–water partition coefficient (Wildman–Crippen LogP) is 2.44. The minimum absolute atomic E-state index is 0.176. The molecule has 62 valence electrons. The monoisotopic (exact) mass is 144 g/mol. The summed E-state index contributed by atoms with van der Waals surface area (Å²) >= 11 is 0. The lowest BCUT2D eigenvalue weighted by Gasteiger charge is -2.31. The van der Waals surface area contributed by atoms with Crippen molar-refractivity contribution in [3.8, 4) is 0 Å². The molecular formula is C9H20O. The third kappa shape index (κ3) is 2.70. The molecule has 10 heavy (non-hydrogen) atoms. The third-order valence-electron chi connectivity index (χ3n) is 2.13. The number of hydrogen-bond acceptors (Lipinski definition) is 1. The van der Waals surface area contributed by atoms with Crippen molar-refractivity contribution in [1.82, 2.24) is 0 Å². The van der Waals surface area contributed by atoms with Crippen LogP contribution in [0.25, 0.3) is 0 Å². The second kappa shape index (κ2) is 3.38. The molecule has 0 aromatic heterocycles. The van der Waals surface area contributed by atoms with Crippen LogP contribution in [0, 0.1) is 11.3 Å². The van der Waals surface area contributed by atoms with E-state index in [1.807, 2.05) is 6.92 Å². The van der Waals surface area contributed by atoms with Crippen molar-refractivity contribution in [2.75, 3.05) is 0 Å². The molecule has 2 atom stereocenters. The summed E-state index contributed by atoms with van der Waals surface area (Å²) in [6.07, 6.45) is 0.881. The fourth-order valence-electron chi connectivity index (χ4n) is 1.68.